The van der Waals surface area contributed by atoms with Gasteiger partial charge in [0.15, 0.2) is 0 Å². The molecule has 0 bridgehead atoms. The van der Waals surface area contributed by atoms with E-state index >= 15 is 0 Å². The van der Waals surface area contributed by atoms with E-state index in [-0.39, 0.29) is 11.3 Å². The zero-order valence-corrected chi connectivity index (χ0v) is 13.0. The Morgan fingerprint density at radius 1 is 0.917 bits per heavy atom. The first kappa shape index (κ1) is 15.6. The molecule has 0 unspecified atom stereocenters. The van der Waals surface area contributed by atoms with Crippen LogP contribution in [-0.4, -0.2) is 11.1 Å². The van der Waals surface area contributed by atoms with E-state index in [9.17, 15) is 4.79 Å². The van der Waals surface area contributed by atoms with E-state index in [4.69, 9.17) is 15.6 Å². The van der Waals surface area contributed by atoms with Crippen molar-refractivity contribution in [2.24, 2.45) is 0 Å². The van der Waals surface area contributed by atoms with Crippen molar-refractivity contribution in [1.29, 1.82) is 0 Å². The van der Waals surface area contributed by atoms with Crippen LogP contribution >= 0.6 is 0 Å². The lowest BCUT2D eigenvalue weighted by Crippen LogP contribution is -2.02. The molecule has 24 heavy (non-hydrogen) atoms. The van der Waals surface area contributed by atoms with E-state index in [2.05, 4.69) is 0 Å². The number of benzene rings is 3. The van der Waals surface area contributed by atoms with Crippen molar-refractivity contribution in [3.05, 3.63) is 83.9 Å². The smallest absolute Gasteiger partial charge is 0.337 e. The molecule has 120 valence electrons. The van der Waals surface area contributed by atoms with E-state index < -0.39 is 5.97 Å². The Morgan fingerprint density at radius 2 is 1.58 bits per heavy atom. The summed E-state index contributed by atoms with van der Waals surface area (Å²) in [6.45, 7) is 0.514. The Hall–Kier alpha value is -3.27. The Bertz CT molecular complexity index is 843. The molecule has 0 heterocycles. The number of hydrogen-bond donors (Lipinski definition) is 2. The minimum Gasteiger partial charge on any atom is -0.489 e. The third-order valence-electron chi connectivity index (χ3n) is 3.72. The van der Waals surface area contributed by atoms with Gasteiger partial charge in [0.2, 0.25) is 0 Å². The summed E-state index contributed by atoms with van der Waals surface area (Å²) in [5, 5.41) is 9.02. The van der Waals surface area contributed by atoms with Gasteiger partial charge in [-0.25, -0.2) is 4.79 Å². The van der Waals surface area contributed by atoms with Crippen LogP contribution in [0.25, 0.3) is 11.1 Å². The summed E-state index contributed by atoms with van der Waals surface area (Å²) >= 11 is 0. The number of nitrogen functional groups attached to an aromatic ring is 1. The average Bonchev–Trinajstić information content (AvgIpc) is 2.61. The lowest BCUT2D eigenvalue weighted by molar-refractivity contribution is 0.0698. The summed E-state index contributed by atoms with van der Waals surface area (Å²) in [5.74, 6) is -0.249. The van der Waals surface area contributed by atoms with E-state index in [1.165, 1.54) is 6.07 Å². The first-order chi connectivity index (χ1) is 11.6. The fourth-order valence-electron chi connectivity index (χ4n) is 2.42. The van der Waals surface area contributed by atoms with Crippen LogP contribution in [0.5, 0.6) is 5.75 Å². The maximum atomic E-state index is 11.0. The molecule has 0 amide bonds. The maximum absolute atomic E-state index is 11.0. The molecule has 3 aromatic carbocycles. The molecular weight excluding hydrogens is 302 g/mol. The summed E-state index contributed by atoms with van der Waals surface area (Å²) in [6, 6.07) is 22.5. The van der Waals surface area contributed by atoms with Crippen LogP contribution in [0.4, 0.5) is 5.69 Å². The van der Waals surface area contributed by atoms with Gasteiger partial charge in [-0.15, -0.1) is 0 Å². The highest BCUT2D eigenvalue weighted by Crippen LogP contribution is 2.26. The van der Waals surface area contributed by atoms with Gasteiger partial charge in [-0.3, -0.25) is 0 Å². The molecule has 0 atom stereocenters. The number of nitrogens with two attached hydrogens (primary N) is 1. The minimum absolute atomic E-state index is 0.113. The third-order valence-corrected chi connectivity index (χ3v) is 3.72. The van der Waals surface area contributed by atoms with Gasteiger partial charge in [-0.1, -0.05) is 48.5 Å². The highest BCUT2D eigenvalue weighted by atomic mass is 16.5. The van der Waals surface area contributed by atoms with Gasteiger partial charge < -0.3 is 15.6 Å². The normalized spacial score (nSPS) is 10.3. The number of carboxylic acid groups (broad SMARTS) is 1. The largest absolute Gasteiger partial charge is 0.489 e. The Balaban J connectivity index is 1.72. The van der Waals surface area contributed by atoms with Gasteiger partial charge in [0.25, 0.3) is 0 Å². The van der Waals surface area contributed by atoms with Gasteiger partial charge >= 0.3 is 5.97 Å². The number of carboxylic acids is 1. The monoisotopic (exact) mass is 319 g/mol. The quantitative estimate of drug-likeness (QED) is 0.691. The summed E-state index contributed by atoms with van der Waals surface area (Å²) in [4.78, 5) is 11.0. The van der Waals surface area contributed by atoms with Crippen molar-refractivity contribution in [2.75, 3.05) is 5.73 Å². The molecule has 0 radical (unpaired) electrons. The number of ether oxygens (including phenoxy) is 1. The zero-order valence-electron chi connectivity index (χ0n) is 13.0. The fraction of sp³-hybridized carbons (Fsp3) is 0.0500. The first-order valence-electron chi connectivity index (χ1n) is 7.53. The second-order valence-electron chi connectivity index (χ2n) is 5.41. The summed E-state index contributed by atoms with van der Waals surface area (Å²) < 4.78 is 5.75. The van der Waals surface area contributed by atoms with Crippen molar-refractivity contribution in [1.82, 2.24) is 0 Å². The van der Waals surface area contributed by atoms with E-state index in [0.29, 0.717) is 6.61 Å². The summed E-state index contributed by atoms with van der Waals surface area (Å²) in [7, 11) is 0. The maximum Gasteiger partial charge on any atom is 0.337 e. The van der Waals surface area contributed by atoms with Crippen molar-refractivity contribution < 1.29 is 14.6 Å². The van der Waals surface area contributed by atoms with Crippen LogP contribution in [0.3, 0.4) is 0 Å². The summed E-state index contributed by atoms with van der Waals surface area (Å²) in [6.07, 6.45) is 0. The minimum atomic E-state index is -1.02. The Kier molecular flexibility index (Phi) is 4.47. The van der Waals surface area contributed by atoms with E-state index in [1.54, 1.807) is 12.1 Å². The molecule has 0 aromatic heterocycles. The van der Waals surface area contributed by atoms with Crippen LogP contribution in [-0.2, 0) is 6.61 Å². The molecule has 0 spiro atoms. The Labute approximate surface area is 140 Å². The third kappa shape index (κ3) is 3.55. The van der Waals surface area contributed by atoms with Crippen molar-refractivity contribution in [3.63, 3.8) is 0 Å². The molecular formula is C20H17NO3. The zero-order chi connectivity index (χ0) is 16.9. The lowest BCUT2D eigenvalue weighted by atomic mass is 10.0. The molecule has 4 nitrogen and oxygen atoms in total. The highest BCUT2D eigenvalue weighted by molar-refractivity contribution is 5.94. The van der Waals surface area contributed by atoms with E-state index in [1.807, 2.05) is 54.6 Å². The van der Waals surface area contributed by atoms with Gasteiger partial charge in [0, 0.05) is 5.69 Å². The number of hydrogen-bond acceptors (Lipinski definition) is 3. The molecule has 3 N–H and O–H groups in total. The molecule has 0 aliphatic carbocycles. The number of aromatic carboxylic acids is 1. The molecule has 3 aromatic rings. The van der Waals surface area contributed by atoms with Crippen molar-refractivity contribution in [2.45, 2.75) is 6.61 Å². The van der Waals surface area contributed by atoms with Gasteiger partial charge in [-0.2, -0.15) is 0 Å². The van der Waals surface area contributed by atoms with Crippen LogP contribution in [0.15, 0.2) is 72.8 Å². The topological polar surface area (TPSA) is 72.5 Å². The molecule has 3 rings (SSSR count). The molecule has 0 aliphatic rings. The van der Waals surface area contributed by atoms with Crippen molar-refractivity contribution >= 4 is 11.7 Å². The lowest BCUT2D eigenvalue weighted by Gasteiger charge is -2.09. The number of anilines is 1. The van der Waals surface area contributed by atoms with Crippen LogP contribution in [0.1, 0.15) is 15.9 Å². The van der Waals surface area contributed by atoms with Gasteiger partial charge in [-0.05, 0) is 41.0 Å². The Morgan fingerprint density at radius 3 is 2.21 bits per heavy atom. The molecule has 0 fully saturated rings. The predicted octanol–water partition coefficient (Wildman–Crippen LogP) is 4.21. The molecule has 4 heteroatoms. The van der Waals surface area contributed by atoms with Crippen molar-refractivity contribution in [3.8, 4) is 16.9 Å². The SMILES string of the molecule is Nc1cc(-c2ccc(OCc3ccccc3)cc2)ccc1C(=O)O. The van der Waals surface area contributed by atoms with E-state index in [0.717, 1.165) is 22.4 Å². The number of rotatable bonds is 5. The first-order valence-corrected chi connectivity index (χ1v) is 7.53. The second kappa shape index (κ2) is 6.87. The molecule has 0 aliphatic heterocycles. The summed E-state index contributed by atoms with van der Waals surface area (Å²) in [5.41, 5.74) is 9.09. The fourth-order valence-corrected chi connectivity index (χ4v) is 2.42. The predicted molar refractivity (Wildman–Crippen MR) is 94.0 cm³/mol. The molecule has 0 saturated carbocycles. The molecule has 0 saturated heterocycles. The average molecular weight is 319 g/mol. The highest BCUT2D eigenvalue weighted by Gasteiger charge is 2.09. The van der Waals surface area contributed by atoms with Crippen LogP contribution < -0.4 is 10.5 Å². The van der Waals surface area contributed by atoms with Crippen LogP contribution in [0.2, 0.25) is 0 Å². The van der Waals surface area contributed by atoms with Gasteiger partial charge in [0.05, 0.1) is 5.56 Å². The number of carbonyl (C=O) groups is 1. The standard InChI is InChI=1S/C20H17NO3/c21-19-12-16(8-11-18(19)20(22)23)15-6-9-17(10-7-15)24-13-14-4-2-1-3-5-14/h1-12H,13,21H2,(H,22,23). The van der Waals surface area contributed by atoms with Gasteiger partial charge in [0.1, 0.15) is 12.4 Å². The van der Waals surface area contributed by atoms with Crippen LogP contribution in [0, 0.1) is 0 Å². The second-order valence-corrected chi connectivity index (χ2v) is 5.41.